The van der Waals surface area contributed by atoms with Crippen molar-refractivity contribution in [3.05, 3.63) is 107 Å². The number of anilines is 2. The van der Waals surface area contributed by atoms with Crippen LogP contribution >= 0.6 is 34.9 Å². The van der Waals surface area contributed by atoms with Crippen LogP contribution in [0.4, 0.5) is 21.9 Å². The molecule has 62 heavy (non-hydrogen) atoms. The maximum atomic E-state index is 14.2. The molecule has 14 nitrogen and oxygen atoms in total. The average Bonchev–Trinajstić information content (AvgIpc) is 3.74. The van der Waals surface area contributed by atoms with Gasteiger partial charge in [-0.05, 0) is 42.3 Å². The molecule has 0 aliphatic heterocycles. The van der Waals surface area contributed by atoms with E-state index in [2.05, 4.69) is 29.0 Å². The van der Waals surface area contributed by atoms with E-state index in [-0.39, 0.29) is 41.7 Å². The molecule has 0 spiro atoms. The second-order valence-corrected chi connectivity index (χ2v) is 17.6. The number of rotatable bonds is 25. The Morgan fingerprint density at radius 2 is 1.60 bits per heavy atom. The number of unbranched alkanes of at least 4 members (excludes halogenated alkanes) is 9. The van der Waals surface area contributed by atoms with E-state index in [0.717, 1.165) is 25.7 Å². The van der Waals surface area contributed by atoms with Crippen LogP contribution in [0.5, 0.6) is 17.2 Å². The quantitative estimate of drug-likeness (QED) is 0.0141. The van der Waals surface area contributed by atoms with Gasteiger partial charge in [-0.2, -0.15) is 0 Å². The highest BCUT2D eigenvalue weighted by Gasteiger charge is 2.26. The lowest BCUT2D eigenvalue weighted by molar-refractivity contribution is -0.385. The average molecular weight is 902 g/mol. The first-order valence-electron chi connectivity index (χ1n) is 20.4. The van der Waals surface area contributed by atoms with E-state index in [4.69, 9.17) is 14.2 Å². The number of aromatic hydroxyl groups is 1. The maximum Gasteiger partial charge on any atom is 0.420 e. The summed E-state index contributed by atoms with van der Waals surface area (Å²) in [4.78, 5) is 52.6. The molecule has 0 aliphatic rings. The number of methoxy groups -OCH3 is 1. The van der Waals surface area contributed by atoms with Gasteiger partial charge >= 0.3 is 17.7 Å². The Morgan fingerprint density at radius 1 is 0.887 bits per heavy atom. The first-order chi connectivity index (χ1) is 30.1. The van der Waals surface area contributed by atoms with Crippen LogP contribution < -0.4 is 19.7 Å². The minimum atomic E-state index is -0.830. The Hall–Kier alpha value is -5.65. The molecule has 4 aromatic carbocycles. The topological polar surface area (TPSA) is 183 Å². The van der Waals surface area contributed by atoms with Crippen molar-refractivity contribution < 1.29 is 38.6 Å². The van der Waals surface area contributed by atoms with Crippen molar-refractivity contribution in [2.45, 2.75) is 85.6 Å². The highest BCUT2D eigenvalue weighted by atomic mass is 32.2. The number of phenolic OH excluding ortho intramolecular Hbond substituents is 1. The van der Waals surface area contributed by atoms with E-state index in [1.54, 1.807) is 54.6 Å². The molecule has 17 heteroatoms. The number of nitrogens with zero attached hydrogens (tertiary/aromatic N) is 4. The zero-order chi connectivity index (χ0) is 44.3. The highest BCUT2D eigenvalue weighted by Crippen LogP contribution is 2.38. The molecule has 0 atom stereocenters. The van der Waals surface area contributed by atoms with Gasteiger partial charge in [-0.25, -0.2) is 4.79 Å². The smallest absolute Gasteiger partial charge is 0.420 e. The second kappa shape index (κ2) is 24.7. The number of carbonyl (C=O) groups is 3. The summed E-state index contributed by atoms with van der Waals surface area (Å²) >= 11 is 3.81. The van der Waals surface area contributed by atoms with Crippen molar-refractivity contribution >= 4 is 80.7 Å². The van der Waals surface area contributed by atoms with Gasteiger partial charge in [0.15, 0.2) is 8.68 Å². The Balaban J connectivity index is 1.33. The van der Waals surface area contributed by atoms with Gasteiger partial charge in [-0.15, -0.1) is 10.2 Å². The van der Waals surface area contributed by atoms with Crippen LogP contribution in [0, 0.1) is 10.1 Å². The Labute approximate surface area is 373 Å². The number of ether oxygens (including phenoxy) is 3. The van der Waals surface area contributed by atoms with Crippen LogP contribution in [0.3, 0.4) is 0 Å². The fourth-order valence-electron chi connectivity index (χ4n) is 6.55. The predicted molar refractivity (Wildman–Crippen MR) is 246 cm³/mol. The number of para-hydroxylation sites is 2. The molecule has 0 fully saturated rings. The summed E-state index contributed by atoms with van der Waals surface area (Å²) in [6.07, 6.45) is 11.5. The number of hydrogen-bond donors (Lipinski definition) is 2. The second-order valence-electron chi connectivity index (χ2n) is 14.1. The number of nitro groups is 1. The molecule has 2 N–H and O–H groups in total. The lowest BCUT2D eigenvalue weighted by Crippen LogP contribution is -2.34. The highest BCUT2D eigenvalue weighted by molar-refractivity contribution is 8.03. The number of hydrogen-bond acceptors (Lipinski definition) is 14. The fourth-order valence-corrected chi connectivity index (χ4v) is 9.31. The van der Waals surface area contributed by atoms with Gasteiger partial charge in [0.2, 0.25) is 5.75 Å². The predicted octanol–water partition coefficient (Wildman–Crippen LogP) is 11.6. The van der Waals surface area contributed by atoms with Crippen molar-refractivity contribution in [1.82, 2.24) is 10.2 Å². The summed E-state index contributed by atoms with van der Waals surface area (Å²) in [7, 11) is 1.50. The van der Waals surface area contributed by atoms with E-state index in [1.807, 2.05) is 0 Å². The van der Waals surface area contributed by atoms with Crippen molar-refractivity contribution in [2.75, 3.05) is 36.2 Å². The lowest BCUT2D eigenvalue weighted by Gasteiger charge is -2.24. The van der Waals surface area contributed by atoms with Crippen molar-refractivity contribution in [2.24, 2.45) is 0 Å². The number of nitro benzene ring substituents is 1. The number of fused-ring (bicyclic) bond motifs is 1. The molecule has 0 saturated heterocycles. The summed E-state index contributed by atoms with van der Waals surface area (Å²) in [5.41, 5.74) is 1.07. The van der Waals surface area contributed by atoms with Crippen LogP contribution in [-0.4, -0.2) is 64.2 Å². The summed E-state index contributed by atoms with van der Waals surface area (Å²) in [6, 6.07) is 19.5. The first-order valence-corrected chi connectivity index (χ1v) is 23.2. The number of aromatic nitrogens is 2. The molecule has 0 saturated carbocycles. The molecule has 0 aliphatic carbocycles. The SMILES string of the molecule is C=CCOC(=O)CSc1nnc(SCc2ccc(OC(=O)N(CCCCCCCCCCCC)c3cccc4c(O)c(C(=O)Nc5ccccc5OC)ccc34)c([N+](=O)[O-])c2)s1. The molecule has 0 radical (unpaired) electrons. The van der Waals surface area contributed by atoms with Crippen LogP contribution in [-0.2, 0) is 15.3 Å². The monoisotopic (exact) mass is 901 g/mol. The molecule has 328 valence electrons. The zero-order valence-corrected chi connectivity index (χ0v) is 37.3. The van der Waals surface area contributed by atoms with Crippen LogP contribution in [0.1, 0.15) is 87.1 Å². The van der Waals surface area contributed by atoms with Gasteiger partial charge < -0.3 is 24.6 Å². The van der Waals surface area contributed by atoms with Gasteiger partial charge in [0, 0.05) is 29.1 Å². The minimum Gasteiger partial charge on any atom is -0.506 e. The summed E-state index contributed by atoms with van der Waals surface area (Å²) in [5, 5.41) is 35.6. The first kappa shape index (κ1) is 47.4. The molecule has 0 bridgehead atoms. The molecule has 1 aromatic heterocycles. The van der Waals surface area contributed by atoms with E-state index in [0.29, 0.717) is 54.3 Å². The van der Waals surface area contributed by atoms with E-state index in [1.165, 1.54) is 103 Å². The number of esters is 1. The third-order valence-corrected chi connectivity index (χ3v) is 12.9. The van der Waals surface area contributed by atoms with E-state index >= 15 is 0 Å². The lowest BCUT2D eigenvalue weighted by atomic mass is 10.0. The molecule has 5 aromatic rings. The van der Waals surface area contributed by atoms with Gasteiger partial charge in [0.25, 0.3) is 5.91 Å². The zero-order valence-electron chi connectivity index (χ0n) is 34.8. The third kappa shape index (κ3) is 13.7. The number of amides is 2. The van der Waals surface area contributed by atoms with E-state index in [9.17, 15) is 29.6 Å². The van der Waals surface area contributed by atoms with Crippen molar-refractivity contribution in [3.63, 3.8) is 0 Å². The minimum absolute atomic E-state index is 0.0187. The number of carbonyl (C=O) groups excluding carboxylic acids is 3. The Bertz CT molecular complexity index is 2320. The largest absolute Gasteiger partial charge is 0.506 e. The number of benzene rings is 4. The summed E-state index contributed by atoms with van der Waals surface area (Å²) in [6.45, 7) is 6.09. The molecule has 5 rings (SSSR count). The molecule has 0 unspecified atom stereocenters. The van der Waals surface area contributed by atoms with Gasteiger partial charge in [0.05, 0.1) is 34.7 Å². The van der Waals surface area contributed by atoms with Gasteiger partial charge in [-0.1, -0.05) is 149 Å². The molecule has 1 heterocycles. The summed E-state index contributed by atoms with van der Waals surface area (Å²) in [5.74, 6) is -0.604. The molecule has 2 amide bonds. The van der Waals surface area contributed by atoms with Crippen molar-refractivity contribution in [3.8, 4) is 17.2 Å². The third-order valence-electron chi connectivity index (χ3n) is 9.70. The van der Waals surface area contributed by atoms with Gasteiger partial charge in [0.1, 0.15) is 18.1 Å². The normalized spacial score (nSPS) is 10.9. The Morgan fingerprint density at radius 3 is 2.31 bits per heavy atom. The van der Waals surface area contributed by atoms with Crippen LogP contribution in [0.15, 0.2) is 94.1 Å². The number of phenols is 1. The maximum absolute atomic E-state index is 14.2. The number of thioether (sulfide) groups is 2. The molecular formula is C45H51N5O9S3. The standard InChI is InChI=1S/C45H51N5O9S3/c1-4-6-7-8-9-10-11-12-13-16-26-49(36-20-17-18-33-32(36)23-24-34(41(33)52)42(53)46-35-19-14-15-21-38(35)57-3)45(54)59-39-25-22-31(28-37(39)50(55)56)29-60-43-47-48-44(62-43)61-30-40(51)58-27-5-2/h5,14-15,17-25,28,52H,2,4,6-13,16,26-27,29-30H2,1,3H3,(H,46,53). The Kier molecular flexibility index (Phi) is 18.9. The number of nitrogens with one attached hydrogen (secondary N) is 1. The summed E-state index contributed by atoms with van der Waals surface area (Å²) < 4.78 is 17.4. The fraction of sp³-hybridized carbons (Fsp3) is 0.356. The van der Waals surface area contributed by atoms with Gasteiger partial charge in [-0.3, -0.25) is 24.6 Å². The van der Waals surface area contributed by atoms with Crippen molar-refractivity contribution in [1.29, 1.82) is 0 Å². The van der Waals surface area contributed by atoms with E-state index < -0.39 is 22.9 Å². The van der Waals surface area contributed by atoms with Crippen LogP contribution in [0.2, 0.25) is 0 Å². The van der Waals surface area contributed by atoms with Crippen LogP contribution in [0.25, 0.3) is 10.8 Å². The molecular weight excluding hydrogens is 851 g/mol.